The summed E-state index contributed by atoms with van der Waals surface area (Å²) in [5.41, 5.74) is 0.393. The summed E-state index contributed by atoms with van der Waals surface area (Å²) >= 11 is 1.71. The van der Waals surface area contributed by atoms with Gasteiger partial charge in [-0.3, -0.25) is 0 Å². The Morgan fingerprint density at radius 3 is 2.74 bits per heavy atom. The molecule has 0 radical (unpaired) electrons. The Hall–Kier alpha value is -0.410. The van der Waals surface area contributed by atoms with Crippen molar-refractivity contribution in [3.63, 3.8) is 0 Å². The lowest BCUT2D eigenvalue weighted by Crippen LogP contribution is -2.46. The monoisotopic (exact) mass is 452 g/mol. The predicted molar refractivity (Wildman–Crippen MR) is 108 cm³/mol. The normalized spacial score (nSPS) is 16.4. The van der Waals surface area contributed by atoms with Gasteiger partial charge in [0.2, 0.25) is 0 Å². The summed E-state index contributed by atoms with van der Waals surface area (Å²) < 4.78 is 5.25. The highest BCUT2D eigenvalue weighted by molar-refractivity contribution is 14.0. The summed E-state index contributed by atoms with van der Waals surface area (Å²) in [5, 5.41) is 7.89. The number of hydrogen-bond acceptors (Lipinski definition) is 4. The van der Waals surface area contributed by atoms with Gasteiger partial charge < -0.3 is 15.4 Å². The van der Waals surface area contributed by atoms with Gasteiger partial charge >= 0.3 is 0 Å². The highest BCUT2D eigenvalue weighted by Gasteiger charge is 2.36. The molecular weight excluding hydrogens is 423 g/mol. The molecule has 5 nitrogen and oxygen atoms in total. The third-order valence-electron chi connectivity index (χ3n) is 4.27. The topological polar surface area (TPSA) is 58.5 Å². The summed E-state index contributed by atoms with van der Waals surface area (Å²) in [4.78, 5) is 10.2. The van der Waals surface area contributed by atoms with Gasteiger partial charge in [0.15, 0.2) is 5.96 Å². The Bertz CT molecular complexity index is 488. The number of guanidine groups is 1. The molecule has 132 valence electrons. The van der Waals surface area contributed by atoms with Crippen LogP contribution in [-0.4, -0.2) is 37.7 Å². The lowest BCUT2D eigenvalue weighted by Gasteiger charge is -2.42. The number of aryl methyl sites for hydroxylation is 1. The van der Waals surface area contributed by atoms with Crippen LogP contribution in [-0.2, 0) is 11.3 Å². The van der Waals surface area contributed by atoms with E-state index in [1.807, 2.05) is 6.20 Å². The first kappa shape index (κ1) is 20.6. The van der Waals surface area contributed by atoms with Gasteiger partial charge in [0.1, 0.15) is 5.01 Å². The summed E-state index contributed by atoms with van der Waals surface area (Å²) in [7, 11) is 1.78. The van der Waals surface area contributed by atoms with Crippen molar-refractivity contribution in [1.82, 2.24) is 15.6 Å². The minimum Gasteiger partial charge on any atom is -0.385 e. The van der Waals surface area contributed by atoms with Gasteiger partial charge in [-0.05, 0) is 38.5 Å². The molecule has 2 rings (SSSR count). The molecule has 1 aliphatic carbocycles. The fraction of sp³-hybridized carbons (Fsp3) is 0.750. The van der Waals surface area contributed by atoms with Crippen LogP contribution in [0.25, 0.3) is 0 Å². The average Bonchev–Trinajstić information content (AvgIpc) is 2.88. The zero-order chi connectivity index (χ0) is 15.8. The van der Waals surface area contributed by atoms with Crippen molar-refractivity contribution < 1.29 is 4.74 Å². The number of aliphatic imine (C=N–C) groups is 1. The zero-order valence-electron chi connectivity index (χ0n) is 14.4. The maximum atomic E-state index is 5.25. The molecule has 2 N–H and O–H groups in total. The summed E-state index contributed by atoms with van der Waals surface area (Å²) in [6.45, 7) is 7.48. The van der Waals surface area contributed by atoms with Crippen molar-refractivity contribution in [2.45, 2.75) is 46.1 Å². The maximum Gasteiger partial charge on any atom is 0.191 e. The third kappa shape index (κ3) is 6.54. The molecule has 0 aromatic carbocycles. The Labute approximate surface area is 160 Å². The first-order valence-electron chi connectivity index (χ1n) is 8.10. The number of rotatable bonds is 8. The van der Waals surface area contributed by atoms with Gasteiger partial charge in [0.05, 0.1) is 6.54 Å². The quantitative estimate of drug-likeness (QED) is 0.361. The SMILES string of the molecule is CCNC(=NCc1ncc(C)s1)NCC1(CCOC)CCC1.I. The molecule has 1 saturated carbocycles. The number of methoxy groups -OCH3 is 1. The first-order chi connectivity index (χ1) is 10.7. The highest BCUT2D eigenvalue weighted by atomic mass is 127. The zero-order valence-corrected chi connectivity index (χ0v) is 17.5. The number of hydrogen-bond donors (Lipinski definition) is 2. The number of halogens is 1. The second-order valence-corrected chi connectivity index (χ2v) is 7.33. The Balaban J connectivity index is 0.00000264. The van der Waals surface area contributed by atoms with Gasteiger partial charge in [0, 0.05) is 37.9 Å². The molecule has 1 aliphatic rings. The second-order valence-electron chi connectivity index (χ2n) is 6.01. The molecular formula is C16H29IN4OS. The van der Waals surface area contributed by atoms with E-state index < -0.39 is 0 Å². The number of aromatic nitrogens is 1. The number of nitrogens with one attached hydrogen (secondary N) is 2. The Morgan fingerprint density at radius 1 is 1.43 bits per heavy atom. The minimum atomic E-state index is 0. The molecule has 0 bridgehead atoms. The van der Waals surface area contributed by atoms with Crippen molar-refractivity contribution in [2.24, 2.45) is 10.4 Å². The minimum absolute atomic E-state index is 0. The molecule has 0 unspecified atom stereocenters. The van der Waals surface area contributed by atoms with E-state index in [4.69, 9.17) is 4.74 Å². The summed E-state index contributed by atoms with van der Waals surface area (Å²) in [6.07, 6.45) is 6.94. The van der Waals surface area contributed by atoms with Crippen LogP contribution in [0.1, 0.15) is 42.5 Å². The van der Waals surface area contributed by atoms with Crippen molar-refractivity contribution >= 4 is 41.3 Å². The van der Waals surface area contributed by atoms with Crippen LogP contribution >= 0.6 is 35.3 Å². The maximum absolute atomic E-state index is 5.25. The fourth-order valence-electron chi connectivity index (χ4n) is 2.74. The molecule has 7 heteroatoms. The lowest BCUT2D eigenvalue weighted by molar-refractivity contribution is 0.0732. The van der Waals surface area contributed by atoms with Crippen molar-refractivity contribution in [3.05, 3.63) is 16.1 Å². The van der Waals surface area contributed by atoms with Crippen LogP contribution in [0, 0.1) is 12.3 Å². The molecule has 0 aliphatic heterocycles. The van der Waals surface area contributed by atoms with Crippen molar-refractivity contribution in [1.29, 1.82) is 0 Å². The second kappa shape index (κ2) is 10.5. The van der Waals surface area contributed by atoms with E-state index in [0.29, 0.717) is 12.0 Å². The molecule has 0 amide bonds. The van der Waals surface area contributed by atoms with Crippen LogP contribution < -0.4 is 10.6 Å². The van der Waals surface area contributed by atoms with E-state index in [0.717, 1.165) is 37.1 Å². The van der Waals surface area contributed by atoms with Crippen LogP contribution in [0.4, 0.5) is 0 Å². The van der Waals surface area contributed by atoms with E-state index in [1.54, 1.807) is 18.4 Å². The van der Waals surface area contributed by atoms with Crippen LogP contribution in [0.2, 0.25) is 0 Å². The van der Waals surface area contributed by atoms with E-state index in [1.165, 1.54) is 24.1 Å². The van der Waals surface area contributed by atoms with Gasteiger partial charge in [-0.25, -0.2) is 9.98 Å². The first-order valence-corrected chi connectivity index (χ1v) is 8.91. The summed E-state index contributed by atoms with van der Waals surface area (Å²) in [5.74, 6) is 0.888. The molecule has 0 spiro atoms. The Morgan fingerprint density at radius 2 is 2.22 bits per heavy atom. The molecule has 1 fully saturated rings. The smallest absolute Gasteiger partial charge is 0.191 e. The predicted octanol–water partition coefficient (Wildman–Crippen LogP) is 3.33. The van der Waals surface area contributed by atoms with Crippen molar-refractivity contribution in [3.8, 4) is 0 Å². The lowest BCUT2D eigenvalue weighted by atomic mass is 9.67. The number of nitrogens with zero attached hydrogens (tertiary/aromatic N) is 2. The van der Waals surface area contributed by atoms with E-state index in [2.05, 4.69) is 34.5 Å². The molecule has 1 aromatic rings. The van der Waals surface area contributed by atoms with E-state index in [-0.39, 0.29) is 24.0 Å². The van der Waals surface area contributed by atoms with E-state index in [9.17, 15) is 0 Å². The van der Waals surface area contributed by atoms with Crippen LogP contribution in [0.3, 0.4) is 0 Å². The molecule has 23 heavy (non-hydrogen) atoms. The largest absolute Gasteiger partial charge is 0.385 e. The fourth-order valence-corrected chi connectivity index (χ4v) is 3.46. The number of thiazole rings is 1. The highest BCUT2D eigenvalue weighted by Crippen LogP contribution is 2.43. The Kier molecular flexibility index (Phi) is 9.38. The van der Waals surface area contributed by atoms with Gasteiger partial charge in [-0.15, -0.1) is 35.3 Å². The average molecular weight is 452 g/mol. The molecule has 1 aromatic heterocycles. The van der Waals surface area contributed by atoms with Crippen LogP contribution in [0.15, 0.2) is 11.2 Å². The third-order valence-corrected chi connectivity index (χ3v) is 5.16. The molecule has 0 atom stereocenters. The van der Waals surface area contributed by atoms with Gasteiger partial charge in [-0.2, -0.15) is 0 Å². The van der Waals surface area contributed by atoms with Gasteiger partial charge in [-0.1, -0.05) is 6.42 Å². The molecule has 1 heterocycles. The summed E-state index contributed by atoms with van der Waals surface area (Å²) in [6, 6.07) is 0. The number of ether oxygens (including phenoxy) is 1. The van der Waals surface area contributed by atoms with Crippen molar-refractivity contribution in [2.75, 3.05) is 26.8 Å². The van der Waals surface area contributed by atoms with Crippen LogP contribution in [0.5, 0.6) is 0 Å². The molecule has 0 saturated heterocycles. The van der Waals surface area contributed by atoms with E-state index >= 15 is 0 Å². The van der Waals surface area contributed by atoms with Gasteiger partial charge in [0.25, 0.3) is 0 Å². The standard InChI is InChI=1S/C16H28N4OS.HI/c1-4-17-15(19-11-14-18-10-13(2)22-14)20-12-16(6-5-7-16)8-9-21-3;/h10H,4-9,11-12H2,1-3H3,(H2,17,19,20);1H.